The average molecular weight is 470 g/mol. The molecule has 0 unspecified atom stereocenters. The van der Waals surface area contributed by atoms with Gasteiger partial charge in [-0.05, 0) is 54.1 Å². The number of nitrogens with one attached hydrogen (secondary N) is 2. The van der Waals surface area contributed by atoms with Crippen LogP contribution in [0.4, 0.5) is 10.1 Å². The summed E-state index contributed by atoms with van der Waals surface area (Å²) in [7, 11) is 1.51. The molecule has 0 radical (unpaired) electrons. The molecular formula is C22H17BrFN3O3. The molecule has 3 aromatic rings. The zero-order valence-electron chi connectivity index (χ0n) is 15.9. The molecule has 152 valence electrons. The Kier molecular flexibility index (Phi) is 6.92. The van der Waals surface area contributed by atoms with E-state index in [4.69, 9.17) is 4.74 Å². The molecule has 0 spiro atoms. The standard InChI is InChI=1S/C22H17BrFN3O3/c1-30-18-7-3-5-15(11-18)21(28)26-20-9-8-16(23)12-19(20)22(29)27-25-13-14-4-2-6-17(24)10-14/h2-13H,1H3,(H,26,28)(H,27,29)/b25-13+. The van der Waals surface area contributed by atoms with E-state index in [0.29, 0.717) is 27.0 Å². The summed E-state index contributed by atoms with van der Waals surface area (Å²) in [6, 6.07) is 17.3. The molecule has 0 aliphatic rings. The number of hydrazone groups is 1. The van der Waals surface area contributed by atoms with Crippen molar-refractivity contribution in [2.24, 2.45) is 5.10 Å². The Hall–Kier alpha value is -3.52. The maximum Gasteiger partial charge on any atom is 0.273 e. The van der Waals surface area contributed by atoms with Crippen LogP contribution in [0.25, 0.3) is 0 Å². The maximum atomic E-state index is 13.2. The molecule has 30 heavy (non-hydrogen) atoms. The predicted molar refractivity (Wildman–Crippen MR) is 117 cm³/mol. The van der Waals surface area contributed by atoms with Gasteiger partial charge in [-0.1, -0.05) is 34.1 Å². The van der Waals surface area contributed by atoms with Gasteiger partial charge in [0.05, 0.1) is 24.6 Å². The zero-order chi connectivity index (χ0) is 21.5. The Labute approximate surface area is 180 Å². The normalized spacial score (nSPS) is 10.6. The zero-order valence-corrected chi connectivity index (χ0v) is 17.4. The highest BCUT2D eigenvalue weighted by atomic mass is 79.9. The Morgan fingerprint density at radius 2 is 1.83 bits per heavy atom. The van der Waals surface area contributed by atoms with Crippen molar-refractivity contribution < 1.29 is 18.7 Å². The van der Waals surface area contributed by atoms with Crippen molar-refractivity contribution in [3.8, 4) is 5.75 Å². The second-order valence-corrected chi connectivity index (χ2v) is 7.05. The van der Waals surface area contributed by atoms with Gasteiger partial charge in [0, 0.05) is 10.0 Å². The second-order valence-electron chi connectivity index (χ2n) is 6.13. The summed E-state index contributed by atoms with van der Waals surface area (Å²) in [6.45, 7) is 0. The lowest BCUT2D eigenvalue weighted by molar-refractivity contribution is 0.0956. The molecule has 0 saturated heterocycles. The van der Waals surface area contributed by atoms with E-state index in [0.717, 1.165) is 0 Å². The van der Waals surface area contributed by atoms with Crippen molar-refractivity contribution in [2.75, 3.05) is 12.4 Å². The third-order valence-corrected chi connectivity index (χ3v) is 4.53. The van der Waals surface area contributed by atoms with Crippen LogP contribution in [0.5, 0.6) is 5.75 Å². The van der Waals surface area contributed by atoms with E-state index in [2.05, 4.69) is 31.8 Å². The number of carbonyl (C=O) groups is 2. The first-order valence-corrected chi connectivity index (χ1v) is 9.59. The van der Waals surface area contributed by atoms with Crippen LogP contribution in [0.1, 0.15) is 26.3 Å². The SMILES string of the molecule is COc1cccc(C(=O)Nc2ccc(Br)cc2C(=O)N/N=C/c2cccc(F)c2)c1. The summed E-state index contributed by atoms with van der Waals surface area (Å²) in [5.74, 6) is -0.790. The molecule has 0 saturated carbocycles. The Balaban J connectivity index is 1.77. The summed E-state index contributed by atoms with van der Waals surface area (Å²) in [4.78, 5) is 25.2. The van der Waals surface area contributed by atoms with Crippen molar-refractivity contribution in [3.05, 3.63) is 93.7 Å². The summed E-state index contributed by atoms with van der Waals surface area (Å²) in [5.41, 5.74) is 3.78. The minimum atomic E-state index is -0.537. The lowest BCUT2D eigenvalue weighted by Gasteiger charge is -2.11. The van der Waals surface area contributed by atoms with Gasteiger partial charge in [0.15, 0.2) is 0 Å². The molecule has 0 aromatic heterocycles. The number of carbonyl (C=O) groups excluding carboxylic acids is 2. The number of anilines is 1. The van der Waals surface area contributed by atoms with E-state index in [1.165, 1.54) is 25.5 Å². The molecule has 0 heterocycles. The smallest absolute Gasteiger partial charge is 0.273 e. The quantitative estimate of drug-likeness (QED) is 0.408. The number of hydrogen-bond acceptors (Lipinski definition) is 4. The van der Waals surface area contributed by atoms with Crippen molar-refractivity contribution >= 4 is 39.6 Å². The number of amides is 2. The largest absolute Gasteiger partial charge is 0.497 e. The van der Waals surface area contributed by atoms with Gasteiger partial charge in [0.2, 0.25) is 0 Å². The molecule has 0 atom stereocenters. The van der Waals surface area contributed by atoms with E-state index in [1.54, 1.807) is 54.6 Å². The maximum absolute atomic E-state index is 13.2. The summed E-state index contributed by atoms with van der Waals surface area (Å²) < 4.78 is 19.0. The lowest BCUT2D eigenvalue weighted by atomic mass is 10.1. The highest BCUT2D eigenvalue weighted by molar-refractivity contribution is 9.10. The fourth-order valence-electron chi connectivity index (χ4n) is 2.58. The van der Waals surface area contributed by atoms with Crippen LogP contribution in [0, 0.1) is 5.82 Å². The first kappa shape index (κ1) is 21.2. The molecule has 3 rings (SSSR count). The van der Waals surface area contributed by atoms with Crippen LogP contribution in [-0.2, 0) is 0 Å². The van der Waals surface area contributed by atoms with Gasteiger partial charge in [-0.25, -0.2) is 9.82 Å². The molecule has 0 aliphatic heterocycles. The highest BCUT2D eigenvalue weighted by Gasteiger charge is 2.15. The van der Waals surface area contributed by atoms with Gasteiger partial charge in [0.1, 0.15) is 11.6 Å². The van der Waals surface area contributed by atoms with Crippen molar-refractivity contribution in [1.82, 2.24) is 5.43 Å². The van der Waals surface area contributed by atoms with Crippen LogP contribution in [-0.4, -0.2) is 25.1 Å². The molecule has 6 nitrogen and oxygen atoms in total. The van der Waals surface area contributed by atoms with Gasteiger partial charge in [0.25, 0.3) is 11.8 Å². The monoisotopic (exact) mass is 469 g/mol. The molecule has 0 fully saturated rings. The van der Waals surface area contributed by atoms with Gasteiger partial charge < -0.3 is 10.1 Å². The molecule has 8 heteroatoms. The third-order valence-electron chi connectivity index (χ3n) is 4.03. The first-order chi connectivity index (χ1) is 14.5. The van der Waals surface area contributed by atoms with Crippen LogP contribution in [0.3, 0.4) is 0 Å². The fourth-order valence-corrected chi connectivity index (χ4v) is 2.95. The second kappa shape index (κ2) is 9.80. The minimum Gasteiger partial charge on any atom is -0.497 e. The molecule has 0 bridgehead atoms. The van der Waals surface area contributed by atoms with Gasteiger partial charge in [-0.3, -0.25) is 9.59 Å². The number of rotatable bonds is 6. The van der Waals surface area contributed by atoms with Gasteiger partial charge in [-0.2, -0.15) is 5.10 Å². The van der Waals surface area contributed by atoms with Gasteiger partial charge in [-0.15, -0.1) is 0 Å². The van der Waals surface area contributed by atoms with Crippen LogP contribution in [0.2, 0.25) is 0 Å². The summed E-state index contributed by atoms with van der Waals surface area (Å²) in [5, 5.41) is 6.58. The number of halogens is 2. The topological polar surface area (TPSA) is 79.8 Å². The number of benzene rings is 3. The van der Waals surface area contributed by atoms with E-state index in [1.807, 2.05) is 0 Å². The van der Waals surface area contributed by atoms with Crippen LogP contribution < -0.4 is 15.5 Å². The van der Waals surface area contributed by atoms with E-state index >= 15 is 0 Å². The van der Waals surface area contributed by atoms with Crippen molar-refractivity contribution in [1.29, 1.82) is 0 Å². The first-order valence-electron chi connectivity index (χ1n) is 8.80. The van der Waals surface area contributed by atoms with E-state index in [9.17, 15) is 14.0 Å². The highest BCUT2D eigenvalue weighted by Crippen LogP contribution is 2.22. The number of hydrogen-bond donors (Lipinski definition) is 2. The Bertz CT molecular complexity index is 1120. The number of ether oxygens (including phenoxy) is 1. The molecule has 2 N–H and O–H groups in total. The Morgan fingerprint density at radius 3 is 2.60 bits per heavy atom. The molecular weight excluding hydrogens is 453 g/mol. The van der Waals surface area contributed by atoms with Gasteiger partial charge >= 0.3 is 0 Å². The van der Waals surface area contributed by atoms with Crippen molar-refractivity contribution in [2.45, 2.75) is 0 Å². The van der Waals surface area contributed by atoms with Crippen molar-refractivity contribution in [3.63, 3.8) is 0 Å². The molecule has 2 amide bonds. The fraction of sp³-hybridized carbons (Fsp3) is 0.0455. The number of nitrogens with zero attached hydrogens (tertiary/aromatic N) is 1. The third kappa shape index (κ3) is 5.51. The number of methoxy groups -OCH3 is 1. The van der Waals surface area contributed by atoms with Crippen LogP contribution in [0.15, 0.2) is 76.3 Å². The lowest BCUT2D eigenvalue weighted by Crippen LogP contribution is -2.21. The molecule has 3 aromatic carbocycles. The van der Waals surface area contributed by atoms with E-state index < -0.39 is 17.6 Å². The Morgan fingerprint density at radius 1 is 1.03 bits per heavy atom. The van der Waals surface area contributed by atoms with E-state index in [-0.39, 0.29) is 5.56 Å². The average Bonchev–Trinajstić information content (AvgIpc) is 2.75. The summed E-state index contributed by atoms with van der Waals surface area (Å²) in [6.07, 6.45) is 1.33. The predicted octanol–water partition coefficient (Wildman–Crippen LogP) is 4.61. The van der Waals surface area contributed by atoms with Crippen LogP contribution >= 0.6 is 15.9 Å². The molecule has 0 aliphatic carbocycles. The summed E-state index contributed by atoms with van der Waals surface area (Å²) >= 11 is 3.32. The minimum absolute atomic E-state index is 0.206.